The molecule has 3 aromatic rings. The Labute approximate surface area is 234 Å². The topological polar surface area (TPSA) is 140 Å². The number of amides is 3. The smallest absolute Gasteiger partial charge is 0.410 e. The molecule has 1 aliphatic rings. The largest absolute Gasteiger partial charge is 0.444 e. The van der Waals surface area contributed by atoms with Crippen LogP contribution in [0.3, 0.4) is 0 Å². The molecule has 41 heavy (non-hydrogen) atoms. The predicted molar refractivity (Wildman–Crippen MR) is 144 cm³/mol. The van der Waals surface area contributed by atoms with E-state index in [0.717, 1.165) is 0 Å². The maximum Gasteiger partial charge on any atom is 0.410 e. The van der Waals surface area contributed by atoms with Gasteiger partial charge in [0.15, 0.2) is 22.8 Å². The second kappa shape index (κ2) is 12.1. The average molecular weight is 580 g/mol. The summed E-state index contributed by atoms with van der Waals surface area (Å²) in [5, 5.41) is 13.0. The quantitative estimate of drug-likeness (QED) is 0.432. The fraction of sp³-hybridized carbons (Fsp3) is 0.520. The van der Waals surface area contributed by atoms with Crippen LogP contribution in [0.1, 0.15) is 20.8 Å². The van der Waals surface area contributed by atoms with Gasteiger partial charge in [-0.05, 0) is 45.0 Å². The molecule has 2 aromatic heterocycles. The first-order valence-electron chi connectivity index (χ1n) is 12.9. The number of hydrogen-bond acceptors (Lipinski definition) is 9. The fourth-order valence-electron chi connectivity index (χ4n) is 3.89. The Morgan fingerprint density at radius 1 is 1.10 bits per heavy atom. The Kier molecular flexibility index (Phi) is 8.80. The van der Waals surface area contributed by atoms with Crippen LogP contribution in [0.25, 0.3) is 22.6 Å². The molecule has 1 aliphatic heterocycles. The third kappa shape index (κ3) is 8.15. The number of aromatic nitrogens is 5. The Morgan fingerprint density at radius 3 is 2.41 bits per heavy atom. The number of nitrogens with zero attached hydrogens (tertiary/aromatic N) is 7. The van der Waals surface area contributed by atoms with Crippen molar-refractivity contribution in [2.24, 2.45) is 0 Å². The average Bonchev–Trinajstić information content (AvgIpc) is 3.29. The summed E-state index contributed by atoms with van der Waals surface area (Å²) in [6.07, 6.45) is -5.01. The number of fused-ring (bicyclic) bond motifs is 1. The zero-order chi connectivity index (χ0) is 29.8. The van der Waals surface area contributed by atoms with E-state index < -0.39 is 30.4 Å². The van der Waals surface area contributed by atoms with Crippen molar-refractivity contribution in [3.63, 3.8) is 0 Å². The van der Waals surface area contributed by atoms with Crippen molar-refractivity contribution in [1.29, 1.82) is 0 Å². The number of likely N-dealkylation sites (N-methyl/N-ethyl adjacent to an activating group) is 1. The van der Waals surface area contributed by atoms with Gasteiger partial charge in [0, 0.05) is 44.5 Å². The minimum atomic E-state index is -4.51. The zero-order valence-electron chi connectivity index (χ0n) is 23.2. The van der Waals surface area contributed by atoms with E-state index in [9.17, 15) is 22.8 Å². The van der Waals surface area contributed by atoms with Gasteiger partial charge in [-0.2, -0.15) is 13.2 Å². The molecule has 0 saturated carbocycles. The summed E-state index contributed by atoms with van der Waals surface area (Å²) in [6, 6.07) is 6.05. The minimum absolute atomic E-state index is 0.0354. The highest BCUT2D eigenvalue weighted by molar-refractivity contribution is 5.90. The second-order valence-electron chi connectivity index (χ2n) is 10.4. The molecule has 16 heteroatoms. The highest BCUT2D eigenvalue weighted by atomic mass is 19.4. The number of carbonyl (C=O) groups excluding carboxylic acids is 2. The van der Waals surface area contributed by atoms with Crippen molar-refractivity contribution in [3.05, 3.63) is 24.3 Å². The van der Waals surface area contributed by atoms with E-state index in [1.54, 1.807) is 52.1 Å². The lowest BCUT2D eigenvalue weighted by Gasteiger charge is -2.28. The molecule has 0 unspecified atom stereocenters. The second-order valence-corrected chi connectivity index (χ2v) is 10.4. The fourth-order valence-corrected chi connectivity index (χ4v) is 3.89. The Balaban J connectivity index is 1.45. The van der Waals surface area contributed by atoms with Crippen LogP contribution < -0.4 is 15.5 Å². The SMILES string of the molecule is CN(CCNC(=O)Nc1ccc(-c2nc(N3CCOCC3)c3nnn(CC(F)(F)F)c3n2)cc1)C(=O)OC(C)(C)C. The van der Waals surface area contributed by atoms with Crippen molar-refractivity contribution in [2.45, 2.75) is 39.1 Å². The van der Waals surface area contributed by atoms with Crippen LogP contribution in [-0.2, 0) is 16.0 Å². The molecule has 0 radical (unpaired) electrons. The van der Waals surface area contributed by atoms with Crippen molar-refractivity contribution in [1.82, 2.24) is 35.2 Å². The number of ether oxygens (including phenoxy) is 2. The first kappa shape index (κ1) is 29.8. The molecule has 4 rings (SSSR count). The van der Waals surface area contributed by atoms with E-state index in [1.165, 1.54) is 4.90 Å². The summed E-state index contributed by atoms with van der Waals surface area (Å²) in [4.78, 5) is 36.6. The van der Waals surface area contributed by atoms with E-state index in [-0.39, 0.29) is 30.1 Å². The van der Waals surface area contributed by atoms with E-state index >= 15 is 0 Å². The molecule has 1 fully saturated rings. The monoisotopic (exact) mass is 579 g/mol. The number of benzene rings is 1. The summed E-state index contributed by atoms with van der Waals surface area (Å²) >= 11 is 0. The van der Waals surface area contributed by atoms with Crippen molar-refractivity contribution >= 4 is 34.8 Å². The van der Waals surface area contributed by atoms with Gasteiger partial charge in [0.05, 0.1) is 13.2 Å². The van der Waals surface area contributed by atoms with E-state index in [1.807, 2.05) is 4.90 Å². The van der Waals surface area contributed by atoms with E-state index in [4.69, 9.17) is 9.47 Å². The highest BCUT2D eigenvalue weighted by Gasteiger charge is 2.31. The van der Waals surface area contributed by atoms with Crippen LogP contribution in [0.5, 0.6) is 0 Å². The predicted octanol–water partition coefficient (Wildman–Crippen LogP) is 3.28. The zero-order valence-corrected chi connectivity index (χ0v) is 23.2. The lowest BCUT2D eigenvalue weighted by molar-refractivity contribution is -0.142. The van der Waals surface area contributed by atoms with Crippen molar-refractivity contribution < 1.29 is 32.2 Å². The number of urea groups is 1. The Bertz CT molecular complexity index is 1370. The molecule has 0 atom stereocenters. The van der Waals surface area contributed by atoms with Crippen LogP contribution in [0.2, 0.25) is 0 Å². The minimum Gasteiger partial charge on any atom is -0.444 e. The van der Waals surface area contributed by atoms with Gasteiger partial charge < -0.3 is 29.9 Å². The summed E-state index contributed by atoms with van der Waals surface area (Å²) in [7, 11) is 1.57. The maximum absolute atomic E-state index is 13.2. The molecule has 2 N–H and O–H groups in total. The molecule has 3 amide bonds. The number of halogens is 3. The number of alkyl halides is 3. The molecular formula is C25H32F3N9O4. The number of morpholine rings is 1. The molecule has 0 aliphatic carbocycles. The third-order valence-electron chi connectivity index (χ3n) is 5.82. The van der Waals surface area contributed by atoms with Crippen LogP contribution in [0.4, 0.5) is 34.3 Å². The maximum atomic E-state index is 13.2. The number of rotatable bonds is 7. The summed E-state index contributed by atoms with van der Waals surface area (Å²) in [6.45, 7) is 6.26. The molecule has 0 bridgehead atoms. The van der Waals surface area contributed by atoms with E-state index in [2.05, 4.69) is 30.9 Å². The van der Waals surface area contributed by atoms with Crippen LogP contribution in [0, 0.1) is 0 Å². The van der Waals surface area contributed by atoms with Crippen molar-refractivity contribution in [3.8, 4) is 11.4 Å². The summed E-state index contributed by atoms with van der Waals surface area (Å²) in [5.41, 5.74) is 0.500. The molecule has 3 heterocycles. The number of nitrogens with one attached hydrogen (secondary N) is 2. The first-order valence-corrected chi connectivity index (χ1v) is 12.9. The molecule has 1 saturated heterocycles. The van der Waals surface area contributed by atoms with Gasteiger partial charge in [-0.15, -0.1) is 5.10 Å². The van der Waals surface area contributed by atoms with Crippen LogP contribution in [0.15, 0.2) is 24.3 Å². The molecule has 1 aromatic carbocycles. The number of hydrogen-bond donors (Lipinski definition) is 2. The standard InChI is InChI=1S/C25H32F3N9O4/c1-24(2,3)41-23(39)35(4)10-9-29-22(38)30-17-7-5-16(6-8-17)19-31-20(36-11-13-40-14-12-36)18-21(32-19)37(34-33-18)15-25(26,27)28/h5-8H,9-15H2,1-4H3,(H2,29,30,38). The van der Waals surface area contributed by atoms with Crippen molar-refractivity contribution in [2.75, 3.05) is 56.7 Å². The van der Waals surface area contributed by atoms with Gasteiger partial charge in [-0.25, -0.2) is 24.2 Å². The van der Waals surface area contributed by atoms with Gasteiger partial charge in [-0.3, -0.25) is 0 Å². The van der Waals surface area contributed by atoms with Gasteiger partial charge in [-0.1, -0.05) is 5.21 Å². The summed E-state index contributed by atoms with van der Waals surface area (Å²) in [5.74, 6) is 0.561. The number of anilines is 2. The number of carbonyl (C=O) groups is 2. The Hall–Kier alpha value is -4.21. The summed E-state index contributed by atoms with van der Waals surface area (Å²) < 4.78 is 50.9. The van der Waals surface area contributed by atoms with Crippen LogP contribution >= 0.6 is 0 Å². The van der Waals surface area contributed by atoms with Gasteiger partial charge >= 0.3 is 18.3 Å². The normalized spacial score (nSPS) is 14.2. The third-order valence-corrected chi connectivity index (χ3v) is 5.82. The molecular weight excluding hydrogens is 547 g/mol. The Morgan fingerprint density at radius 2 is 1.78 bits per heavy atom. The van der Waals surface area contributed by atoms with Gasteiger partial charge in [0.2, 0.25) is 0 Å². The van der Waals surface area contributed by atoms with Gasteiger partial charge in [0.1, 0.15) is 12.1 Å². The highest BCUT2D eigenvalue weighted by Crippen LogP contribution is 2.29. The lowest BCUT2D eigenvalue weighted by Crippen LogP contribution is -2.40. The first-order chi connectivity index (χ1) is 19.3. The van der Waals surface area contributed by atoms with E-state index in [0.29, 0.717) is 48.1 Å². The molecule has 0 spiro atoms. The molecule has 13 nitrogen and oxygen atoms in total. The van der Waals surface area contributed by atoms with Crippen LogP contribution in [-0.4, -0.2) is 100 Å². The molecule has 222 valence electrons. The van der Waals surface area contributed by atoms with Gasteiger partial charge in [0.25, 0.3) is 0 Å². The lowest BCUT2D eigenvalue weighted by atomic mass is 10.2.